The van der Waals surface area contributed by atoms with Gasteiger partial charge < -0.3 is 30.1 Å². The van der Waals surface area contributed by atoms with Crippen LogP contribution in [0, 0.1) is 0 Å². The number of hydrogen-bond acceptors (Lipinski definition) is 6. The van der Waals surface area contributed by atoms with E-state index in [-0.39, 0.29) is 5.91 Å². The zero-order valence-corrected chi connectivity index (χ0v) is 9.16. The van der Waals surface area contributed by atoms with Gasteiger partial charge in [0.15, 0.2) is 6.29 Å². The lowest BCUT2D eigenvalue weighted by Crippen LogP contribution is -2.64. The number of aliphatic hydroxyl groups excluding tert-OH is 3. The molecule has 7 nitrogen and oxygen atoms in total. The lowest BCUT2D eigenvalue weighted by atomic mass is 9.97. The Kier molecular flexibility index (Phi) is 4.63. The molecule has 1 rings (SSSR count). The number of carbonyl (C=O) groups is 1. The Hall–Kier alpha value is -0.730. The van der Waals surface area contributed by atoms with E-state index in [1.165, 1.54) is 14.0 Å². The quantitative estimate of drug-likeness (QED) is 0.433. The molecule has 0 aromatic heterocycles. The molecule has 7 heteroatoms. The molecular formula is C9H17NO6. The Morgan fingerprint density at radius 1 is 1.44 bits per heavy atom. The molecule has 0 saturated carbocycles. The van der Waals surface area contributed by atoms with Gasteiger partial charge in [0.1, 0.15) is 24.4 Å². The first-order valence-electron chi connectivity index (χ1n) is 4.93. The second-order valence-corrected chi connectivity index (χ2v) is 3.67. The van der Waals surface area contributed by atoms with Crippen LogP contribution in [0.4, 0.5) is 0 Å². The summed E-state index contributed by atoms with van der Waals surface area (Å²) in [5.41, 5.74) is 0. The van der Waals surface area contributed by atoms with Crippen molar-refractivity contribution in [1.82, 2.24) is 5.32 Å². The first kappa shape index (κ1) is 13.3. The van der Waals surface area contributed by atoms with E-state index in [9.17, 15) is 15.0 Å². The third-order valence-electron chi connectivity index (χ3n) is 2.48. The van der Waals surface area contributed by atoms with E-state index in [2.05, 4.69) is 5.32 Å². The summed E-state index contributed by atoms with van der Waals surface area (Å²) in [6.45, 7) is 0.842. The second kappa shape index (κ2) is 5.55. The zero-order valence-electron chi connectivity index (χ0n) is 9.16. The SMILES string of the molecule is COC1OC(CO)C(O)C(O)C1NC(C)=O. The van der Waals surface area contributed by atoms with Crippen LogP contribution in [0.5, 0.6) is 0 Å². The largest absolute Gasteiger partial charge is 0.394 e. The van der Waals surface area contributed by atoms with Gasteiger partial charge in [-0.05, 0) is 0 Å². The number of ether oxygens (including phenoxy) is 2. The fourth-order valence-corrected chi connectivity index (χ4v) is 1.67. The third kappa shape index (κ3) is 2.69. The van der Waals surface area contributed by atoms with Crippen LogP contribution in [0.3, 0.4) is 0 Å². The molecule has 0 aliphatic carbocycles. The number of aliphatic hydroxyl groups is 3. The summed E-state index contributed by atoms with van der Waals surface area (Å²) < 4.78 is 10.1. The molecule has 0 radical (unpaired) electrons. The average molecular weight is 235 g/mol. The summed E-state index contributed by atoms with van der Waals surface area (Å²) in [6, 6.07) is -0.861. The van der Waals surface area contributed by atoms with Crippen molar-refractivity contribution in [3.63, 3.8) is 0 Å². The van der Waals surface area contributed by atoms with E-state index < -0.39 is 37.3 Å². The molecule has 1 aliphatic rings. The van der Waals surface area contributed by atoms with Gasteiger partial charge in [-0.1, -0.05) is 0 Å². The van der Waals surface area contributed by atoms with E-state index in [0.29, 0.717) is 0 Å². The lowest BCUT2D eigenvalue weighted by molar-refractivity contribution is -0.262. The second-order valence-electron chi connectivity index (χ2n) is 3.67. The smallest absolute Gasteiger partial charge is 0.217 e. The van der Waals surface area contributed by atoms with Gasteiger partial charge >= 0.3 is 0 Å². The van der Waals surface area contributed by atoms with E-state index in [4.69, 9.17) is 14.6 Å². The van der Waals surface area contributed by atoms with Crippen molar-refractivity contribution < 1.29 is 29.6 Å². The molecular weight excluding hydrogens is 218 g/mol. The number of rotatable bonds is 3. The van der Waals surface area contributed by atoms with Gasteiger partial charge in [-0.3, -0.25) is 4.79 Å². The van der Waals surface area contributed by atoms with E-state index >= 15 is 0 Å². The molecule has 1 heterocycles. The van der Waals surface area contributed by atoms with Crippen LogP contribution in [0.1, 0.15) is 6.92 Å². The maximum atomic E-state index is 10.9. The minimum Gasteiger partial charge on any atom is -0.394 e. The predicted molar refractivity (Wildman–Crippen MR) is 52.4 cm³/mol. The molecule has 5 unspecified atom stereocenters. The van der Waals surface area contributed by atoms with Gasteiger partial charge in [-0.2, -0.15) is 0 Å². The van der Waals surface area contributed by atoms with Gasteiger partial charge in [-0.15, -0.1) is 0 Å². The lowest BCUT2D eigenvalue weighted by Gasteiger charge is -2.41. The Morgan fingerprint density at radius 2 is 2.06 bits per heavy atom. The molecule has 94 valence electrons. The van der Waals surface area contributed by atoms with Crippen molar-refractivity contribution in [1.29, 1.82) is 0 Å². The standard InChI is InChI=1S/C9H17NO6/c1-4(12)10-6-8(14)7(13)5(3-11)16-9(6)15-2/h5-9,11,13-14H,3H2,1-2H3,(H,10,12). The van der Waals surface area contributed by atoms with Crippen LogP contribution in [-0.4, -0.2) is 65.6 Å². The minimum atomic E-state index is -1.27. The number of hydrogen-bond donors (Lipinski definition) is 4. The molecule has 0 spiro atoms. The van der Waals surface area contributed by atoms with Crippen LogP contribution >= 0.6 is 0 Å². The van der Waals surface area contributed by atoms with Crippen molar-refractivity contribution in [3.05, 3.63) is 0 Å². The van der Waals surface area contributed by atoms with E-state index in [1.807, 2.05) is 0 Å². The first-order valence-corrected chi connectivity index (χ1v) is 4.93. The highest BCUT2D eigenvalue weighted by atomic mass is 16.7. The van der Waals surface area contributed by atoms with Gasteiger partial charge in [0, 0.05) is 14.0 Å². The number of methoxy groups -OCH3 is 1. The van der Waals surface area contributed by atoms with Gasteiger partial charge in [0.05, 0.1) is 6.61 Å². The van der Waals surface area contributed by atoms with Crippen molar-refractivity contribution >= 4 is 5.91 Å². The van der Waals surface area contributed by atoms with Crippen molar-refractivity contribution in [3.8, 4) is 0 Å². The summed E-state index contributed by atoms with van der Waals surface area (Å²) in [5.74, 6) is -0.371. The van der Waals surface area contributed by atoms with Gasteiger partial charge in [0.2, 0.25) is 5.91 Å². The maximum Gasteiger partial charge on any atom is 0.217 e. The number of nitrogens with one attached hydrogen (secondary N) is 1. The monoisotopic (exact) mass is 235 g/mol. The minimum absolute atomic E-state index is 0.371. The molecule has 1 amide bonds. The molecule has 1 fully saturated rings. The number of carbonyl (C=O) groups excluding carboxylic acids is 1. The molecule has 16 heavy (non-hydrogen) atoms. The summed E-state index contributed by atoms with van der Waals surface area (Å²) in [5, 5.41) is 30.7. The van der Waals surface area contributed by atoms with Crippen LogP contribution in [0.15, 0.2) is 0 Å². The highest BCUT2D eigenvalue weighted by Crippen LogP contribution is 2.21. The van der Waals surface area contributed by atoms with Crippen molar-refractivity contribution in [2.75, 3.05) is 13.7 Å². The Bertz CT molecular complexity index is 246. The van der Waals surface area contributed by atoms with E-state index in [1.54, 1.807) is 0 Å². The van der Waals surface area contributed by atoms with Crippen LogP contribution in [0.2, 0.25) is 0 Å². The molecule has 1 aliphatic heterocycles. The highest BCUT2D eigenvalue weighted by Gasteiger charge is 2.44. The third-order valence-corrected chi connectivity index (χ3v) is 2.48. The number of amides is 1. The summed E-state index contributed by atoms with van der Waals surface area (Å²) >= 11 is 0. The highest BCUT2D eigenvalue weighted by molar-refractivity contribution is 5.73. The summed E-state index contributed by atoms with van der Waals surface area (Å²) in [6.07, 6.45) is -4.35. The van der Waals surface area contributed by atoms with E-state index in [0.717, 1.165) is 0 Å². The van der Waals surface area contributed by atoms with Gasteiger partial charge in [0.25, 0.3) is 0 Å². The van der Waals surface area contributed by atoms with Crippen LogP contribution in [0.25, 0.3) is 0 Å². The normalized spacial score (nSPS) is 39.4. The fourth-order valence-electron chi connectivity index (χ4n) is 1.67. The van der Waals surface area contributed by atoms with Crippen molar-refractivity contribution in [2.45, 2.75) is 37.6 Å². The molecule has 0 aromatic carbocycles. The topological polar surface area (TPSA) is 108 Å². The van der Waals surface area contributed by atoms with Crippen LogP contribution in [-0.2, 0) is 14.3 Å². The Morgan fingerprint density at radius 3 is 2.50 bits per heavy atom. The fraction of sp³-hybridized carbons (Fsp3) is 0.889. The summed E-state index contributed by atoms with van der Waals surface area (Å²) in [7, 11) is 1.35. The van der Waals surface area contributed by atoms with Crippen LogP contribution < -0.4 is 5.32 Å². The molecule has 0 bridgehead atoms. The Balaban J connectivity index is 2.77. The maximum absolute atomic E-state index is 10.9. The van der Waals surface area contributed by atoms with Crippen molar-refractivity contribution in [2.24, 2.45) is 0 Å². The molecule has 5 atom stereocenters. The molecule has 4 N–H and O–H groups in total. The first-order chi connectivity index (χ1) is 7.51. The summed E-state index contributed by atoms with van der Waals surface area (Å²) in [4.78, 5) is 10.9. The molecule has 0 aromatic rings. The Labute approximate surface area is 93.0 Å². The average Bonchev–Trinajstić information content (AvgIpc) is 2.25. The van der Waals surface area contributed by atoms with Gasteiger partial charge in [-0.25, -0.2) is 0 Å². The predicted octanol–water partition coefficient (Wildman–Crippen LogP) is -2.42. The molecule has 1 saturated heterocycles. The zero-order chi connectivity index (χ0) is 12.3.